The van der Waals surface area contributed by atoms with E-state index in [1.807, 2.05) is 13.8 Å². The molecular weight excluding hydrogens is 228 g/mol. The smallest absolute Gasteiger partial charge is 0.342 e. The van der Waals surface area contributed by atoms with Crippen molar-refractivity contribution in [1.82, 2.24) is 0 Å². The van der Waals surface area contributed by atoms with E-state index < -0.39 is 18.0 Å². The fourth-order valence-electron chi connectivity index (χ4n) is 1.00. The lowest BCUT2D eigenvalue weighted by Crippen LogP contribution is -2.11. The Morgan fingerprint density at radius 1 is 1.24 bits per heavy atom. The van der Waals surface area contributed by atoms with Crippen LogP contribution in [0.5, 0.6) is 0 Å². The average Bonchev–Trinajstić information content (AvgIpc) is 2.26. The van der Waals surface area contributed by atoms with Crippen LogP contribution >= 0.6 is 0 Å². The van der Waals surface area contributed by atoms with Crippen molar-refractivity contribution in [3.8, 4) is 0 Å². The Hall–Kier alpha value is -1.14. The molecule has 1 atom stereocenters. The van der Waals surface area contributed by atoms with Crippen LogP contribution in [0.2, 0.25) is 0 Å². The van der Waals surface area contributed by atoms with Gasteiger partial charge in [0.1, 0.15) is 0 Å². The van der Waals surface area contributed by atoms with Gasteiger partial charge in [0.2, 0.25) is 0 Å². The summed E-state index contributed by atoms with van der Waals surface area (Å²) in [5.74, 6) is -1.48. The van der Waals surface area contributed by atoms with E-state index >= 15 is 0 Å². The number of hydrogen-bond donors (Lipinski definition) is 3. The number of aliphatic hydroxyl groups excluding tert-OH is 1. The monoisotopic (exact) mass is 250 g/mol. The van der Waals surface area contributed by atoms with Crippen LogP contribution in [-0.2, 0) is 14.5 Å². The minimum absolute atomic E-state index is 0.131. The molecular formula is C11H22O6. The fraction of sp³-hybridized carbons (Fsp3) is 0.818. The first-order valence-corrected chi connectivity index (χ1v) is 5.71. The number of carbonyl (C=O) groups excluding carboxylic acids is 1. The van der Waals surface area contributed by atoms with Crippen molar-refractivity contribution in [2.75, 3.05) is 0 Å². The zero-order valence-corrected chi connectivity index (χ0v) is 10.4. The summed E-state index contributed by atoms with van der Waals surface area (Å²) < 4.78 is 0. The number of hydrogen-bond acceptors (Lipinski definition) is 5. The van der Waals surface area contributed by atoms with Crippen LogP contribution in [0.1, 0.15) is 52.4 Å². The largest absolute Gasteiger partial charge is 0.481 e. The van der Waals surface area contributed by atoms with Gasteiger partial charge in [0.15, 0.2) is 0 Å². The Balaban J connectivity index is 0. The topological polar surface area (TPSA) is 104 Å². The summed E-state index contributed by atoms with van der Waals surface area (Å²) >= 11 is 0. The zero-order chi connectivity index (χ0) is 13.7. The molecule has 0 saturated heterocycles. The van der Waals surface area contributed by atoms with Gasteiger partial charge in [-0.15, -0.1) is 0 Å². The first-order chi connectivity index (χ1) is 7.97. The minimum atomic E-state index is -0.934. The number of aliphatic hydroxyl groups is 1. The molecule has 17 heavy (non-hydrogen) atoms. The van der Waals surface area contributed by atoms with Gasteiger partial charge in [-0.1, -0.05) is 26.7 Å². The number of unbranched alkanes of at least 4 members (excludes halogenated alkanes) is 1. The van der Waals surface area contributed by atoms with E-state index in [2.05, 4.69) is 4.89 Å². The molecule has 0 heterocycles. The molecule has 0 aromatic carbocycles. The van der Waals surface area contributed by atoms with E-state index in [9.17, 15) is 9.59 Å². The summed E-state index contributed by atoms with van der Waals surface area (Å²) in [5, 5.41) is 24.7. The van der Waals surface area contributed by atoms with E-state index in [0.29, 0.717) is 12.8 Å². The lowest BCUT2D eigenvalue weighted by molar-refractivity contribution is -0.234. The van der Waals surface area contributed by atoms with Gasteiger partial charge in [0, 0.05) is 6.42 Å². The molecule has 6 heteroatoms. The van der Waals surface area contributed by atoms with E-state index in [1.165, 1.54) is 0 Å². The summed E-state index contributed by atoms with van der Waals surface area (Å²) in [5.41, 5.74) is 0. The van der Waals surface area contributed by atoms with Crippen molar-refractivity contribution in [2.45, 2.75) is 58.5 Å². The predicted molar refractivity (Wildman–Crippen MR) is 61.4 cm³/mol. The highest BCUT2D eigenvalue weighted by atomic mass is 17.1. The van der Waals surface area contributed by atoms with Gasteiger partial charge in [0.25, 0.3) is 0 Å². The van der Waals surface area contributed by atoms with Gasteiger partial charge in [0.05, 0.1) is 12.5 Å². The van der Waals surface area contributed by atoms with Crippen LogP contribution < -0.4 is 0 Å². The predicted octanol–water partition coefficient (Wildman–Crippen LogP) is 1.81. The summed E-state index contributed by atoms with van der Waals surface area (Å²) in [6.45, 7) is 3.87. The van der Waals surface area contributed by atoms with Gasteiger partial charge in [-0.05, 0) is 12.8 Å². The van der Waals surface area contributed by atoms with Gasteiger partial charge >= 0.3 is 11.9 Å². The Bertz CT molecular complexity index is 204. The molecule has 0 spiro atoms. The summed E-state index contributed by atoms with van der Waals surface area (Å²) in [6.07, 6.45) is 2.64. The molecule has 3 N–H and O–H groups in total. The van der Waals surface area contributed by atoms with Gasteiger partial charge in [-0.25, -0.2) is 4.79 Å². The highest BCUT2D eigenvalue weighted by molar-refractivity contribution is 5.68. The molecule has 1 unspecified atom stereocenters. The quantitative estimate of drug-likeness (QED) is 0.470. The maximum Gasteiger partial charge on any atom is 0.342 e. The second kappa shape index (κ2) is 12.9. The van der Waals surface area contributed by atoms with Crippen molar-refractivity contribution in [1.29, 1.82) is 0 Å². The second-order valence-corrected chi connectivity index (χ2v) is 3.61. The van der Waals surface area contributed by atoms with E-state index in [0.717, 1.165) is 19.3 Å². The molecule has 0 saturated carbocycles. The molecule has 0 aliphatic carbocycles. The molecule has 102 valence electrons. The number of carboxylic acid groups (broad SMARTS) is 1. The van der Waals surface area contributed by atoms with Crippen LogP contribution in [-0.4, -0.2) is 33.5 Å². The van der Waals surface area contributed by atoms with Gasteiger partial charge in [-0.3, -0.25) is 4.79 Å². The van der Waals surface area contributed by atoms with Crippen molar-refractivity contribution in [3.05, 3.63) is 0 Å². The van der Waals surface area contributed by atoms with Crippen molar-refractivity contribution in [3.63, 3.8) is 0 Å². The fourth-order valence-corrected chi connectivity index (χ4v) is 1.00. The third kappa shape index (κ3) is 17.5. The lowest BCUT2D eigenvalue weighted by Gasteiger charge is -2.03. The first kappa shape index (κ1) is 18.2. The molecule has 0 bridgehead atoms. The third-order valence-electron chi connectivity index (χ3n) is 1.87. The molecule has 0 amide bonds. The van der Waals surface area contributed by atoms with Crippen molar-refractivity contribution >= 4 is 11.9 Å². The molecule has 0 radical (unpaired) electrons. The molecule has 0 aromatic heterocycles. The number of aliphatic carboxylic acids is 1. The van der Waals surface area contributed by atoms with Crippen LogP contribution in [0.15, 0.2) is 0 Å². The van der Waals surface area contributed by atoms with E-state index in [4.69, 9.17) is 15.5 Å². The Kier molecular flexibility index (Phi) is 13.9. The number of rotatable bonds is 7. The normalized spacial score (nSPS) is 11.1. The molecule has 0 aliphatic rings. The molecule has 0 aromatic rings. The molecule has 0 fully saturated rings. The summed E-state index contributed by atoms with van der Waals surface area (Å²) in [4.78, 5) is 23.4. The SMILES string of the molecule is CCCC(O)CC(=O)O.CCCCC(=O)OO. The summed E-state index contributed by atoms with van der Waals surface area (Å²) in [6, 6.07) is 0. The van der Waals surface area contributed by atoms with Crippen molar-refractivity contribution in [2.24, 2.45) is 0 Å². The zero-order valence-electron chi connectivity index (χ0n) is 10.4. The van der Waals surface area contributed by atoms with Crippen LogP contribution in [0, 0.1) is 0 Å². The Morgan fingerprint density at radius 3 is 2.18 bits per heavy atom. The molecule has 0 aliphatic heterocycles. The van der Waals surface area contributed by atoms with Crippen molar-refractivity contribution < 1.29 is 29.9 Å². The highest BCUT2D eigenvalue weighted by Gasteiger charge is 2.06. The van der Waals surface area contributed by atoms with Crippen LogP contribution in [0.25, 0.3) is 0 Å². The Labute approximate surface area is 101 Å². The third-order valence-corrected chi connectivity index (χ3v) is 1.87. The standard InChI is InChI=1S/C6H12O3.C5H10O3/c1-2-3-5(7)4-6(8)9;1-2-3-4-5(6)8-7/h5,7H,2-4H2,1H3,(H,8,9);7H,2-4H2,1H3. The van der Waals surface area contributed by atoms with E-state index in [-0.39, 0.29) is 6.42 Å². The Morgan fingerprint density at radius 2 is 1.82 bits per heavy atom. The van der Waals surface area contributed by atoms with Gasteiger partial charge < -0.3 is 15.1 Å². The molecule has 6 nitrogen and oxygen atoms in total. The number of carbonyl (C=O) groups is 2. The molecule has 0 rings (SSSR count). The summed E-state index contributed by atoms with van der Waals surface area (Å²) in [7, 11) is 0. The van der Waals surface area contributed by atoms with Crippen LogP contribution in [0.3, 0.4) is 0 Å². The maximum atomic E-state index is 10.1. The second-order valence-electron chi connectivity index (χ2n) is 3.61. The first-order valence-electron chi connectivity index (χ1n) is 5.71. The van der Waals surface area contributed by atoms with Crippen LogP contribution in [0.4, 0.5) is 0 Å². The van der Waals surface area contributed by atoms with E-state index in [1.54, 1.807) is 0 Å². The minimum Gasteiger partial charge on any atom is -0.481 e. The highest BCUT2D eigenvalue weighted by Crippen LogP contribution is 1.99. The number of carboxylic acids is 1. The average molecular weight is 250 g/mol. The maximum absolute atomic E-state index is 10.1. The lowest BCUT2D eigenvalue weighted by atomic mass is 10.1. The van der Waals surface area contributed by atoms with Gasteiger partial charge in [-0.2, -0.15) is 5.26 Å².